The number of rotatable bonds is 5. The zero-order valence-electron chi connectivity index (χ0n) is 8.58. The highest BCUT2D eigenvalue weighted by atomic mass is 16.6. The van der Waals surface area contributed by atoms with Crippen LogP contribution in [0.5, 0.6) is 0 Å². The van der Waals surface area contributed by atoms with Gasteiger partial charge in [-0.1, -0.05) is 13.3 Å². The average Bonchev–Trinajstić information content (AvgIpc) is 2.62. The van der Waals surface area contributed by atoms with Gasteiger partial charge in [-0.2, -0.15) is 0 Å². The molecule has 1 fully saturated rings. The van der Waals surface area contributed by atoms with E-state index < -0.39 is 0 Å². The Labute approximate surface area is 84.4 Å². The predicted octanol–water partition coefficient (Wildman–Crippen LogP) is 2.10. The minimum Gasteiger partial charge on any atom is -0.375 e. The molecule has 1 aromatic heterocycles. The van der Waals surface area contributed by atoms with Gasteiger partial charge in [0.05, 0.1) is 19.8 Å². The zero-order valence-corrected chi connectivity index (χ0v) is 8.58. The van der Waals surface area contributed by atoms with E-state index in [9.17, 15) is 0 Å². The van der Waals surface area contributed by atoms with Crippen LogP contribution in [0.15, 0.2) is 18.3 Å². The van der Waals surface area contributed by atoms with E-state index in [4.69, 9.17) is 9.47 Å². The summed E-state index contributed by atoms with van der Waals surface area (Å²) >= 11 is 0. The SMILES string of the molecule is CCCC1(OCc2ccc[nH]2)COC1. The van der Waals surface area contributed by atoms with E-state index in [0.29, 0.717) is 6.61 Å². The molecule has 0 bridgehead atoms. The first kappa shape index (κ1) is 9.74. The number of hydrogen-bond acceptors (Lipinski definition) is 2. The Balaban J connectivity index is 1.83. The minimum absolute atomic E-state index is 0.000139. The first-order valence-corrected chi connectivity index (χ1v) is 5.19. The Hall–Kier alpha value is -0.800. The van der Waals surface area contributed by atoms with Gasteiger partial charge < -0.3 is 14.5 Å². The van der Waals surface area contributed by atoms with Gasteiger partial charge in [-0.05, 0) is 18.6 Å². The maximum Gasteiger partial charge on any atom is 0.115 e. The lowest BCUT2D eigenvalue weighted by Crippen LogP contribution is -2.51. The Morgan fingerprint density at radius 1 is 1.57 bits per heavy atom. The first-order chi connectivity index (χ1) is 6.85. The van der Waals surface area contributed by atoms with Crippen LogP contribution in [0.3, 0.4) is 0 Å². The molecule has 14 heavy (non-hydrogen) atoms. The molecule has 1 N–H and O–H groups in total. The van der Waals surface area contributed by atoms with Crippen molar-refractivity contribution in [2.45, 2.75) is 32.0 Å². The molecule has 3 heteroatoms. The molecular weight excluding hydrogens is 178 g/mol. The number of hydrogen-bond donors (Lipinski definition) is 1. The minimum atomic E-state index is -0.000139. The highest BCUT2D eigenvalue weighted by Crippen LogP contribution is 2.28. The van der Waals surface area contributed by atoms with E-state index in [2.05, 4.69) is 11.9 Å². The lowest BCUT2D eigenvalue weighted by molar-refractivity contribution is -0.219. The van der Waals surface area contributed by atoms with Gasteiger partial charge in [-0.25, -0.2) is 0 Å². The molecular formula is C11H17NO2. The van der Waals surface area contributed by atoms with Crippen molar-refractivity contribution in [2.75, 3.05) is 13.2 Å². The van der Waals surface area contributed by atoms with Gasteiger partial charge in [0.15, 0.2) is 0 Å². The van der Waals surface area contributed by atoms with Crippen molar-refractivity contribution in [2.24, 2.45) is 0 Å². The average molecular weight is 195 g/mol. The van der Waals surface area contributed by atoms with E-state index in [1.807, 2.05) is 18.3 Å². The van der Waals surface area contributed by atoms with Crippen molar-refractivity contribution < 1.29 is 9.47 Å². The van der Waals surface area contributed by atoms with E-state index >= 15 is 0 Å². The van der Waals surface area contributed by atoms with Crippen LogP contribution in [0.25, 0.3) is 0 Å². The molecule has 1 aliphatic heterocycles. The number of ether oxygens (including phenoxy) is 2. The molecule has 0 aromatic carbocycles. The molecule has 0 aliphatic carbocycles. The maximum absolute atomic E-state index is 5.89. The number of H-pyrrole nitrogens is 1. The molecule has 2 heterocycles. The second kappa shape index (κ2) is 4.15. The molecule has 1 saturated heterocycles. The summed E-state index contributed by atoms with van der Waals surface area (Å²) in [6.45, 7) is 4.34. The van der Waals surface area contributed by atoms with Crippen LogP contribution in [0.1, 0.15) is 25.5 Å². The Bertz CT molecular complexity index is 265. The van der Waals surface area contributed by atoms with Gasteiger partial charge in [0, 0.05) is 11.9 Å². The van der Waals surface area contributed by atoms with E-state index in [0.717, 1.165) is 31.7 Å². The third-order valence-corrected chi connectivity index (χ3v) is 2.63. The van der Waals surface area contributed by atoms with E-state index in [1.54, 1.807) is 0 Å². The van der Waals surface area contributed by atoms with Gasteiger partial charge >= 0.3 is 0 Å². The summed E-state index contributed by atoms with van der Waals surface area (Å²) in [5, 5.41) is 0. The topological polar surface area (TPSA) is 34.2 Å². The van der Waals surface area contributed by atoms with Crippen LogP contribution >= 0.6 is 0 Å². The van der Waals surface area contributed by atoms with E-state index in [-0.39, 0.29) is 5.60 Å². The van der Waals surface area contributed by atoms with Crippen molar-refractivity contribution in [1.29, 1.82) is 0 Å². The normalized spacial score (nSPS) is 19.2. The summed E-state index contributed by atoms with van der Waals surface area (Å²) in [6.07, 6.45) is 4.16. The molecule has 2 rings (SSSR count). The summed E-state index contributed by atoms with van der Waals surface area (Å²) in [7, 11) is 0. The summed E-state index contributed by atoms with van der Waals surface area (Å²) in [5.74, 6) is 0. The monoisotopic (exact) mass is 195 g/mol. The van der Waals surface area contributed by atoms with Crippen molar-refractivity contribution in [3.63, 3.8) is 0 Å². The summed E-state index contributed by atoms with van der Waals surface area (Å²) in [4.78, 5) is 3.13. The van der Waals surface area contributed by atoms with Crippen molar-refractivity contribution in [3.05, 3.63) is 24.0 Å². The lowest BCUT2D eigenvalue weighted by Gasteiger charge is -2.41. The second-order valence-electron chi connectivity index (χ2n) is 3.91. The number of aromatic nitrogens is 1. The molecule has 3 nitrogen and oxygen atoms in total. The molecule has 0 saturated carbocycles. The Kier molecular flexibility index (Phi) is 2.89. The third kappa shape index (κ3) is 1.99. The predicted molar refractivity (Wildman–Crippen MR) is 54.0 cm³/mol. The zero-order chi connectivity index (χ0) is 9.86. The van der Waals surface area contributed by atoms with E-state index in [1.165, 1.54) is 0 Å². The van der Waals surface area contributed by atoms with Crippen LogP contribution in [-0.4, -0.2) is 23.8 Å². The molecule has 0 atom stereocenters. The lowest BCUT2D eigenvalue weighted by atomic mass is 9.96. The fraction of sp³-hybridized carbons (Fsp3) is 0.636. The molecule has 78 valence electrons. The molecule has 0 unspecified atom stereocenters. The van der Waals surface area contributed by atoms with Crippen molar-refractivity contribution >= 4 is 0 Å². The van der Waals surface area contributed by atoms with Gasteiger partial charge in [-0.3, -0.25) is 0 Å². The fourth-order valence-corrected chi connectivity index (χ4v) is 1.77. The summed E-state index contributed by atoms with van der Waals surface area (Å²) in [6, 6.07) is 4.03. The summed E-state index contributed by atoms with van der Waals surface area (Å²) < 4.78 is 11.1. The Morgan fingerprint density at radius 2 is 2.43 bits per heavy atom. The molecule has 0 radical (unpaired) electrons. The van der Waals surface area contributed by atoms with Crippen LogP contribution in [-0.2, 0) is 16.1 Å². The molecule has 1 aromatic rings. The van der Waals surface area contributed by atoms with Crippen LogP contribution in [0.2, 0.25) is 0 Å². The molecule has 0 spiro atoms. The van der Waals surface area contributed by atoms with Gasteiger partial charge in [-0.15, -0.1) is 0 Å². The maximum atomic E-state index is 5.89. The van der Waals surface area contributed by atoms with Crippen LogP contribution in [0.4, 0.5) is 0 Å². The van der Waals surface area contributed by atoms with Crippen molar-refractivity contribution in [3.8, 4) is 0 Å². The van der Waals surface area contributed by atoms with Gasteiger partial charge in [0.1, 0.15) is 5.60 Å². The molecule has 0 amide bonds. The fourth-order valence-electron chi connectivity index (χ4n) is 1.77. The smallest absolute Gasteiger partial charge is 0.115 e. The third-order valence-electron chi connectivity index (χ3n) is 2.63. The highest BCUT2D eigenvalue weighted by Gasteiger charge is 2.38. The van der Waals surface area contributed by atoms with Crippen molar-refractivity contribution in [1.82, 2.24) is 4.98 Å². The number of aromatic amines is 1. The largest absolute Gasteiger partial charge is 0.375 e. The standard InChI is InChI=1S/C11H17NO2/c1-2-5-11(8-13-9-11)14-7-10-4-3-6-12-10/h3-4,6,12H,2,5,7-9H2,1H3. The molecule has 1 aliphatic rings. The summed E-state index contributed by atoms with van der Waals surface area (Å²) in [5.41, 5.74) is 1.13. The second-order valence-corrected chi connectivity index (χ2v) is 3.91. The van der Waals surface area contributed by atoms with Crippen LogP contribution in [0, 0.1) is 0 Å². The van der Waals surface area contributed by atoms with Gasteiger partial charge in [0.25, 0.3) is 0 Å². The van der Waals surface area contributed by atoms with Gasteiger partial charge in [0.2, 0.25) is 0 Å². The van der Waals surface area contributed by atoms with Crippen LogP contribution < -0.4 is 0 Å². The Morgan fingerprint density at radius 3 is 2.93 bits per heavy atom. The quantitative estimate of drug-likeness (QED) is 0.780. The number of nitrogens with one attached hydrogen (secondary N) is 1. The highest BCUT2D eigenvalue weighted by molar-refractivity contribution is 5.02. The first-order valence-electron chi connectivity index (χ1n) is 5.19.